The molecule has 6 rings (SSSR count). The number of aromatic nitrogens is 4. The van der Waals surface area contributed by atoms with Gasteiger partial charge >= 0.3 is 0 Å². The Balaban J connectivity index is 1.50. The third-order valence-corrected chi connectivity index (χ3v) is 8.87. The van der Waals surface area contributed by atoms with Gasteiger partial charge in [-0.3, -0.25) is 4.79 Å². The minimum atomic E-state index is -0.464. The summed E-state index contributed by atoms with van der Waals surface area (Å²) >= 11 is 0. The quantitative estimate of drug-likeness (QED) is 0.456. The second-order valence-corrected chi connectivity index (χ2v) is 11.5. The monoisotopic (exact) mass is 549 g/mol. The van der Waals surface area contributed by atoms with Gasteiger partial charge in [0.2, 0.25) is 0 Å². The van der Waals surface area contributed by atoms with Gasteiger partial charge < -0.3 is 24.8 Å². The molecule has 0 radical (unpaired) electrons. The largest absolute Gasteiger partial charge is 0.366 e. The third kappa shape index (κ3) is 4.37. The van der Waals surface area contributed by atoms with E-state index in [1.165, 1.54) is 0 Å². The van der Waals surface area contributed by atoms with E-state index in [2.05, 4.69) is 37.0 Å². The molecule has 3 aromatic rings. The maximum Gasteiger partial charge on any atom is 0.250 e. The van der Waals surface area contributed by atoms with Crippen molar-refractivity contribution in [1.82, 2.24) is 30.2 Å². The second kappa shape index (κ2) is 10.3. The maximum absolute atomic E-state index is 13.2. The van der Waals surface area contributed by atoms with Crippen LogP contribution in [0.4, 0.5) is 5.82 Å². The molecular formula is C32H35N7O2. The SMILES string of the molecule is C#Cc1ncc(-c2c(C#C)n(C34CCC(NC(=O)[C@@H]5CNCCO5)(CC3)C4)c3ncnc(N(C)C)c23)cc1/C=C\C. The lowest BCUT2D eigenvalue weighted by atomic mass is 9.90. The number of allylic oxidation sites excluding steroid dienone is 1. The van der Waals surface area contributed by atoms with Crippen LogP contribution in [0.5, 0.6) is 0 Å². The van der Waals surface area contributed by atoms with E-state index < -0.39 is 6.10 Å². The Labute approximate surface area is 240 Å². The number of ether oxygens (including phenoxy) is 1. The van der Waals surface area contributed by atoms with Gasteiger partial charge in [-0.25, -0.2) is 15.0 Å². The fraction of sp³-hybridized carbons (Fsp3) is 0.438. The number of hydrogen-bond donors (Lipinski definition) is 2. The van der Waals surface area contributed by atoms with E-state index in [4.69, 9.17) is 22.6 Å². The number of carbonyl (C=O) groups excluding carboxylic acids is 1. The van der Waals surface area contributed by atoms with E-state index in [0.717, 1.165) is 77.9 Å². The highest BCUT2D eigenvalue weighted by Gasteiger charge is 2.57. The smallest absolute Gasteiger partial charge is 0.250 e. The second-order valence-electron chi connectivity index (χ2n) is 11.5. The van der Waals surface area contributed by atoms with Crippen molar-refractivity contribution in [3.63, 3.8) is 0 Å². The maximum atomic E-state index is 13.2. The highest BCUT2D eigenvalue weighted by Crippen LogP contribution is 2.57. The van der Waals surface area contributed by atoms with Gasteiger partial charge in [0.25, 0.3) is 5.91 Å². The van der Waals surface area contributed by atoms with E-state index in [0.29, 0.717) is 18.8 Å². The summed E-state index contributed by atoms with van der Waals surface area (Å²) in [5.41, 5.74) is 4.11. The highest BCUT2D eigenvalue weighted by atomic mass is 16.5. The topological polar surface area (TPSA) is 97.2 Å². The Morgan fingerprint density at radius 2 is 2.02 bits per heavy atom. The van der Waals surface area contributed by atoms with E-state index in [1.54, 1.807) is 12.5 Å². The van der Waals surface area contributed by atoms with E-state index in [-0.39, 0.29) is 17.0 Å². The lowest BCUT2D eigenvalue weighted by Crippen LogP contribution is -2.54. The van der Waals surface area contributed by atoms with Crippen molar-refractivity contribution in [3.8, 4) is 35.8 Å². The first kappa shape index (κ1) is 27.0. The molecule has 41 heavy (non-hydrogen) atoms. The number of carbonyl (C=O) groups is 1. The van der Waals surface area contributed by atoms with E-state index >= 15 is 0 Å². The molecule has 1 aliphatic heterocycles. The predicted molar refractivity (Wildman–Crippen MR) is 160 cm³/mol. The first-order chi connectivity index (χ1) is 19.8. The summed E-state index contributed by atoms with van der Waals surface area (Å²) in [6.45, 7) is 3.79. The summed E-state index contributed by atoms with van der Waals surface area (Å²) in [4.78, 5) is 29.3. The third-order valence-electron chi connectivity index (χ3n) is 8.87. The van der Waals surface area contributed by atoms with Crippen LogP contribution in [-0.4, -0.2) is 70.9 Å². The highest BCUT2D eigenvalue weighted by molar-refractivity contribution is 6.04. The van der Waals surface area contributed by atoms with Crippen LogP contribution in [0.3, 0.4) is 0 Å². The van der Waals surface area contributed by atoms with Gasteiger partial charge in [-0.2, -0.15) is 0 Å². The van der Waals surface area contributed by atoms with Crippen molar-refractivity contribution in [2.24, 2.45) is 0 Å². The van der Waals surface area contributed by atoms with E-state index in [9.17, 15) is 4.79 Å². The average Bonchev–Trinajstić information content (AvgIpc) is 3.65. The van der Waals surface area contributed by atoms with Crippen LogP contribution in [0.25, 0.3) is 28.2 Å². The molecule has 3 fully saturated rings. The molecule has 9 nitrogen and oxygen atoms in total. The number of fused-ring (bicyclic) bond motifs is 3. The van der Waals surface area contributed by atoms with Gasteiger partial charge in [0, 0.05) is 61.1 Å². The zero-order chi connectivity index (χ0) is 28.8. The molecule has 3 aromatic heterocycles. The molecule has 210 valence electrons. The molecule has 2 N–H and O–H groups in total. The van der Waals surface area contributed by atoms with Gasteiger partial charge in [-0.05, 0) is 51.0 Å². The molecule has 3 aliphatic rings. The fourth-order valence-corrected chi connectivity index (χ4v) is 7.09. The molecule has 0 aromatic carbocycles. The van der Waals surface area contributed by atoms with Crippen molar-refractivity contribution in [2.75, 3.05) is 38.7 Å². The van der Waals surface area contributed by atoms with Crippen LogP contribution in [0.2, 0.25) is 0 Å². The van der Waals surface area contributed by atoms with Crippen LogP contribution >= 0.6 is 0 Å². The average molecular weight is 550 g/mol. The Bertz CT molecular complexity index is 1620. The molecule has 2 aliphatic carbocycles. The summed E-state index contributed by atoms with van der Waals surface area (Å²) in [6, 6.07) is 2.04. The molecule has 1 amide bonds. The molecule has 9 heteroatoms. The first-order valence-electron chi connectivity index (χ1n) is 14.1. The zero-order valence-corrected chi connectivity index (χ0v) is 23.8. The van der Waals surface area contributed by atoms with Crippen molar-refractivity contribution in [3.05, 3.63) is 41.6 Å². The van der Waals surface area contributed by atoms with Gasteiger partial charge in [0.15, 0.2) is 0 Å². The van der Waals surface area contributed by atoms with Crippen LogP contribution in [0, 0.1) is 24.7 Å². The summed E-state index contributed by atoms with van der Waals surface area (Å²) < 4.78 is 8.00. The van der Waals surface area contributed by atoms with E-state index in [1.807, 2.05) is 44.1 Å². The number of amides is 1. The van der Waals surface area contributed by atoms with Gasteiger partial charge in [0.05, 0.1) is 12.0 Å². The first-order valence-corrected chi connectivity index (χ1v) is 14.1. The van der Waals surface area contributed by atoms with Crippen molar-refractivity contribution in [2.45, 2.75) is 56.2 Å². The fourth-order valence-electron chi connectivity index (χ4n) is 7.09. The van der Waals surface area contributed by atoms with Crippen LogP contribution < -0.4 is 15.5 Å². The van der Waals surface area contributed by atoms with Gasteiger partial charge in [0.1, 0.15) is 35.3 Å². The summed E-state index contributed by atoms with van der Waals surface area (Å²) in [5.74, 6) is 6.45. The lowest BCUT2D eigenvalue weighted by Gasteiger charge is -2.32. The summed E-state index contributed by atoms with van der Waals surface area (Å²) in [6.07, 6.45) is 23.2. The Morgan fingerprint density at radius 3 is 2.68 bits per heavy atom. The van der Waals surface area contributed by atoms with Crippen molar-refractivity contribution < 1.29 is 9.53 Å². The number of anilines is 1. The summed E-state index contributed by atoms with van der Waals surface area (Å²) in [5, 5.41) is 7.53. The van der Waals surface area contributed by atoms with Crippen molar-refractivity contribution in [1.29, 1.82) is 0 Å². The molecular weight excluding hydrogens is 514 g/mol. The molecule has 1 saturated heterocycles. The van der Waals surface area contributed by atoms with Gasteiger partial charge in [-0.15, -0.1) is 12.8 Å². The zero-order valence-electron chi connectivity index (χ0n) is 23.8. The minimum absolute atomic E-state index is 0.0430. The molecule has 4 heterocycles. The molecule has 2 bridgehead atoms. The Morgan fingerprint density at radius 1 is 1.22 bits per heavy atom. The molecule has 1 atom stereocenters. The Kier molecular flexibility index (Phi) is 6.81. The van der Waals surface area contributed by atoms with Crippen LogP contribution in [-0.2, 0) is 15.1 Å². The predicted octanol–water partition coefficient (Wildman–Crippen LogP) is 3.07. The number of morpholine rings is 1. The molecule has 2 saturated carbocycles. The number of pyridine rings is 1. The Hall–Kier alpha value is -4.18. The molecule has 0 unspecified atom stereocenters. The number of rotatable bonds is 6. The number of terminal acetylenes is 2. The summed E-state index contributed by atoms with van der Waals surface area (Å²) in [7, 11) is 3.94. The molecule has 0 spiro atoms. The number of nitrogens with zero attached hydrogens (tertiary/aromatic N) is 5. The van der Waals surface area contributed by atoms with Crippen LogP contribution in [0.15, 0.2) is 24.7 Å². The standard InChI is InChI=1S/C32H35N7O2/c1-6-9-21-16-22(17-34-23(21)7-2)26-24(8-3)39(29-27(26)28(38(4)5)35-20-36-29)32-12-10-31(19-32,11-13-32)37-30(40)25-18-33-14-15-41-25/h2-3,6,9,16-17,20,25,33H,10-15,18-19H2,1,4-5H3,(H,37,40)/b9-6-/t25-,31?,32?/m0/s1. The van der Waals surface area contributed by atoms with Gasteiger partial charge in [-0.1, -0.05) is 18.1 Å². The number of hydrogen-bond acceptors (Lipinski definition) is 7. The number of nitrogens with one attached hydrogen (secondary N) is 2. The van der Waals surface area contributed by atoms with Crippen molar-refractivity contribution >= 4 is 28.8 Å². The van der Waals surface area contributed by atoms with Crippen LogP contribution in [0.1, 0.15) is 56.0 Å². The normalized spacial score (nSPS) is 25.3. The minimum Gasteiger partial charge on any atom is -0.366 e. The lowest BCUT2D eigenvalue weighted by molar-refractivity contribution is -0.136.